The molecule has 27 heavy (non-hydrogen) atoms. The highest BCUT2D eigenvalue weighted by molar-refractivity contribution is 6.02. The van der Waals surface area contributed by atoms with E-state index < -0.39 is 35.4 Å². The molecule has 146 valence electrons. The highest BCUT2D eigenvalue weighted by atomic mass is 19.4. The number of carbonyl (C=O) groups excluding carboxylic acids is 4. The number of halogens is 3. The topological polar surface area (TPSA) is 92.8 Å². The van der Waals surface area contributed by atoms with E-state index in [9.17, 15) is 32.3 Å². The molecule has 1 atom stereocenters. The quantitative estimate of drug-likeness (QED) is 0.597. The number of anilines is 1. The van der Waals surface area contributed by atoms with E-state index in [1.807, 2.05) is 0 Å². The number of carbonyl (C=O) groups is 4. The highest BCUT2D eigenvalue weighted by Gasteiger charge is 2.34. The third-order valence-electron chi connectivity index (χ3n) is 3.86. The molecule has 1 N–H and O–H groups in total. The zero-order valence-electron chi connectivity index (χ0n) is 14.3. The van der Waals surface area contributed by atoms with Crippen LogP contribution in [0.2, 0.25) is 0 Å². The fourth-order valence-corrected chi connectivity index (χ4v) is 2.46. The molecule has 3 amide bonds. The molecule has 0 bridgehead atoms. The fourth-order valence-electron chi connectivity index (χ4n) is 2.46. The van der Waals surface area contributed by atoms with E-state index >= 15 is 0 Å². The molecular weight excluding hydrogens is 369 g/mol. The number of nitrogens with one attached hydrogen (secondary N) is 1. The monoisotopic (exact) mass is 386 g/mol. The molecule has 0 aliphatic carbocycles. The molecule has 0 radical (unpaired) electrons. The SMILES string of the molecule is CC(OC(=O)CCN1C(=O)CCC1=O)C(=O)Nc1ccccc1C(F)(F)F. The first kappa shape index (κ1) is 20.4. The van der Waals surface area contributed by atoms with Crippen LogP contribution in [0.3, 0.4) is 0 Å². The minimum atomic E-state index is -4.65. The summed E-state index contributed by atoms with van der Waals surface area (Å²) in [5, 5.41) is 2.08. The van der Waals surface area contributed by atoms with E-state index in [-0.39, 0.29) is 37.6 Å². The van der Waals surface area contributed by atoms with Gasteiger partial charge < -0.3 is 10.1 Å². The van der Waals surface area contributed by atoms with Crippen molar-refractivity contribution >= 4 is 29.4 Å². The maximum absolute atomic E-state index is 12.9. The predicted octanol–water partition coefficient (Wildman–Crippen LogP) is 2.11. The number of hydrogen-bond acceptors (Lipinski definition) is 5. The summed E-state index contributed by atoms with van der Waals surface area (Å²) in [5.74, 6) is -2.56. The average molecular weight is 386 g/mol. The van der Waals surface area contributed by atoms with Crippen LogP contribution in [-0.2, 0) is 30.1 Å². The molecule has 1 saturated heterocycles. The molecular formula is C17H17F3N2O5. The smallest absolute Gasteiger partial charge is 0.418 e. The first-order chi connectivity index (χ1) is 12.6. The highest BCUT2D eigenvalue weighted by Crippen LogP contribution is 2.34. The lowest BCUT2D eigenvalue weighted by Gasteiger charge is -2.17. The Morgan fingerprint density at radius 3 is 2.37 bits per heavy atom. The molecule has 1 aliphatic rings. The normalized spacial score (nSPS) is 15.6. The minimum Gasteiger partial charge on any atom is -0.452 e. The predicted molar refractivity (Wildman–Crippen MR) is 86.2 cm³/mol. The number of amides is 3. The van der Waals surface area contributed by atoms with Crippen LogP contribution in [0.15, 0.2) is 24.3 Å². The summed E-state index contributed by atoms with van der Waals surface area (Å²) in [6.45, 7) is 1.04. The van der Waals surface area contributed by atoms with Crippen LogP contribution in [0.5, 0.6) is 0 Å². The maximum atomic E-state index is 12.9. The van der Waals surface area contributed by atoms with Gasteiger partial charge in [0.2, 0.25) is 11.8 Å². The second-order valence-electron chi connectivity index (χ2n) is 5.85. The van der Waals surface area contributed by atoms with E-state index in [2.05, 4.69) is 5.32 Å². The van der Waals surface area contributed by atoms with Gasteiger partial charge >= 0.3 is 12.1 Å². The Kier molecular flexibility index (Phi) is 6.19. The second kappa shape index (κ2) is 8.19. The van der Waals surface area contributed by atoms with Crippen LogP contribution in [0, 0.1) is 0 Å². The lowest BCUT2D eigenvalue weighted by atomic mass is 10.1. The summed E-state index contributed by atoms with van der Waals surface area (Å²) in [5.41, 5.74) is -1.48. The Hall–Kier alpha value is -2.91. The minimum absolute atomic E-state index is 0.0886. The van der Waals surface area contributed by atoms with Crippen molar-refractivity contribution in [2.75, 3.05) is 11.9 Å². The van der Waals surface area contributed by atoms with Crippen molar-refractivity contribution in [3.8, 4) is 0 Å². The number of hydrogen-bond donors (Lipinski definition) is 1. The third kappa shape index (κ3) is 5.28. The lowest BCUT2D eigenvalue weighted by molar-refractivity contribution is -0.154. The van der Waals surface area contributed by atoms with Gasteiger partial charge in [0.25, 0.3) is 5.91 Å². The first-order valence-corrected chi connectivity index (χ1v) is 8.09. The molecule has 0 aromatic heterocycles. The zero-order chi connectivity index (χ0) is 20.2. The van der Waals surface area contributed by atoms with Gasteiger partial charge in [-0.2, -0.15) is 13.2 Å². The Bertz CT molecular complexity index is 747. The molecule has 2 rings (SSSR count). The van der Waals surface area contributed by atoms with E-state index in [4.69, 9.17) is 4.74 Å². The summed E-state index contributed by atoms with van der Waals surface area (Å²) in [7, 11) is 0. The summed E-state index contributed by atoms with van der Waals surface area (Å²) in [4.78, 5) is 47.6. The maximum Gasteiger partial charge on any atom is 0.418 e. The van der Waals surface area contributed by atoms with Crippen LogP contribution >= 0.6 is 0 Å². The molecule has 7 nitrogen and oxygen atoms in total. The van der Waals surface area contributed by atoms with Crippen molar-refractivity contribution < 1.29 is 37.1 Å². The Morgan fingerprint density at radius 1 is 1.19 bits per heavy atom. The molecule has 1 aromatic rings. The van der Waals surface area contributed by atoms with Crippen molar-refractivity contribution in [2.45, 2.75) is 38.5 Å². The molecule has 0 spiro atoms. The third-order valence-corrected chi connectivity index (χ3v) is 3.86. The van der Waals surface area contributed by atoms with Crippen LogP contribution in [0.25, 0.3) is 0 Å². The van der Waals surface area contributed by atoms with Crippen molar-refractivity contribution in [1.82, 2.24) is 4.90 Å². The van der Waals surface area contributed by atoms with Gasteiger partial charge in [-0.05, 0) is 19.1 Å². The van der Waals surface area contributed by atoms with E-state index in [1.54, 1.807) is 0 Å². The zero-order valence-corrected chi connectivity index (χ0v) is 14.3. The molecule has 10 heteroatoms. The lowest BCUT2D eigenvalue weighted by Crippen LogP contribution is -2.34. The number of likely N-dealkylation sites (tertiary alicyclic amines) is 1. The van der Waals surface area contributed by atoms with Gasteiger partial charge in [0.15, 0.2) is 6.10 Å². The van der Waals surface area contributed by atoms with E-state index in [0.29, 0.717) is 0 Å². The number of rotatable bonds is 6. The molecule has 1 heterocycles. The first-order valence-electron chi connectivity index (χ1n) is 8.09. The van der Waals surface area contributed by atoms with Gasteiger partial charge in [-0.1, -0.05) is 12.1 Å². The van der Waals surface area contributed by atoms with Crippen molar-refractivity contribution in [3.63, 3.8) is 0 Å². The number of imide groups is 1. The molecule has 1 aliphatic heterocycles. The number of alkyl halides is 3. The van der Waals surface area contributed by atoms with E-state index in [1.165, 1.54) is 19.1 Å². The number of benzene rings is 1. The second-order valence-corrected chi connectivity index (χ2v) is 5.85. The molecule has 1 fully saturated rings. The number of para-hydroxylation sites is 1. The summed E-state index contributed by atoms with van der Waals surface area (Å²) in [6, 6.07) is 4.41. The molecule has 1 unspecified atom stereocenters. The average Bonchev–Trinajstić information content (AvgIpc) is 2.90. The summed E-state index contributed by atoms with van der Waals surface area (Å²) in [6.07, 6.45) is -6.15. The van der Waals surface area contributed by atoms with Crippen molar-refractivity contribution in [1.29, 1.82) is 0 Å². The van der Waals surface area contributed by atoms with Crippen molar-refractivity contribution in [2.24, 2.45) is 0 Å². The summed E-state index contributed by atoms with van der Waals surface area (Å²) < 4.78 is 43.6. The van der Waals surface area contributed by atoms with Crippen LogP contribution in [-0.4, -0.2) is 41.2 Å². The van der Waals surface area contributed by atoms with Gasteiger partial charge in [-0.3, -0.25) is 24.1 Å². The van der Waals surface area contributed by atoms with Gasteiger partial charge in [0.1, 0.15) is 0 Å². The van der Waals surface area contributed by atoms with Gasteiger partial charge in [-0.25, -0.2) is 0 Å². The Morgan fingerprint density at radius 2 is 1.78 bits per heavy atom. The van der Waals surface area contributed by atoms with Gasteiger partial charge in [-0.15, -0.1) is 0 Å². The molecule has 0 saturated carbocycles. The standard InChI is InChI=1S/C17H17F3N2O5/c1-10(27-15(25)8-9-22-13(23)6-7-14(22)24)16(26)21-12-5-3-2-4-11(12)17(18,19)20/h2-5,10H,6-9H2,1H3,(H,21,26). The van der Waals surface area contributed by atoms with Gasteiger partial charge in [0.05, 0.1) is 17.7 Å². The summed E-state index contributed by atoms with van der Waals surface area (Å²) >= 11 is 0. The van der Waals surface area contributed by atoms with E-state index in [0.717, 1.165) is 17.0 Å². The van der Waals surface area contributed by atoms with Crippen LogP contribution < -0.4 is 5.32 Å². The fraction of sp³-hybridized carbons (Fsp3) is 0.412. The largest absolute Gasteiger partial charge is 0.452 e. The number of ether oxygens (including phenoxy) is 1. The van der Waals surface area contributed by atoms with Crippen molar-refractivity contribution in [3.05, 3.63) is 29.8 Å². The molecule has 1 aromatic carbocycles. The number of esters is 1. The Balaban J connectivity index is 1.90. The van der Waals surface area contributed by atoms with Crippen LogP contribution in [0.4, 0.5) is 18.9 Å². The number of nitrogens with zero attached hydrogens (tertiary/aromatic N) is 1. The van der Waals surface area contributed by atoms with Crippen LogP contribution in [0.1, 0.15) is 31.7 Å². The Labute approximate surface area is 152 Å². The van der Waals surface area contributed by atoms with Gasteiger partial charge in [0, 0.05) is 19.4 Å².